The molecule has 0 aromatic rings. The molecular formula is C12H21N. The van der Waals surface area contributed by atoms with Crippen molar-refractivity contribution in [3.63, 3.8) is 0 Å². The lowest BCUT2D eigenvalue weighted by Crippen LogP contribution is -2.14. The van der Waals surface area contributed by atoms with E-state index < -0.39 is 0 Å². The van der Waals surface area contributed by atoms with Crippen LogP contribution in [0, 0.1) is 11.8 Å². The molecule has 0 amide bonds. The highest BCUT2D eigenvalue weighted by Gasteiger charge is 2.16. The van der Waals surface area contributed by atoms with Gasteiger partial charge in [0.25, 0.3) is 0 Å². The van der Waals surface area contributed by atoms with Crippen LogP contribution >= 0.6 is 0 Å². The van der Waals surface area contributed by atoms with E-state index in [1.54, 1.807) is 0 Å². The minimum Gasteiger partial charge on any atom is -0.402 e. The normalized spacial score (nSPS) is 25.0. The van der Waals surface area contributed by atoms with Gasteiger partial charge in [-0.15, -0.1) is 0 Å². The maximum absolute atomic E-state index is 5.82. The summed E-state index contributed by atoms with van der Waals surface area (Å²) < 4.78 is 0. The number of hydrogen-bond donors (Lipinski definition) is 1. The minimum absolute atomic E-state index is 0.694. The predicted molar refractivity (Wildman–Crippen MR) is 58.2 cm³/mol. The number of rotatable bonds is 3. The fourth-order valence-corrected chi connectivity index (χ4v) is 1.81. The monoisotopic (exact) mass is 179 g/mol. The molecule has 13 heavy (non-hydrogen) atoms. The molecule has 0 saturated heterocycles. The third-order valence-corrected chi connectivity index (χ3v) is 3.07. The lowest BCUT2D eigenvalue weighted by atomic mass is 9.83. The average molecular weight is 179 g/mol. The molecule has 0 bridgehead atoms. The van der Waals surface area contributed by atoms with Gasteiger partial charge in [0.2, 0.25) is 0 Å². The first kappa shape index (κ1) is 10.4. The van der Waals surface area contributed by atoms with Gasteiger partial charge in [-0.05, 0) is 37.7 Å². The molecule has 0 aromatic heterocycles. The number of nitrogens with two attached hydrogens (primary N) is 1. The maximum atomic E-state index is 5.82. The molecule has 1 rings (SSSR count). The van der Waals surface area contributed by atoms with Crippen LogP contribution in [-0.4, -0.2) is 0 Å². The van der Waals surface area contributed by atoms with E-state index in [4.69, 9.17) is 5.73 Å². The van der Waals surface area contributed by atoms with Gasteiger partial charge < -0.3 is 5.73 Å². The van der Waals surface area contributed by atoms with E-state index in [1.165, 1.54) is 18.4 Å². The molecule has 1 aliphatic carbocycles. The quantitative estimate of drug-likeness (QED) is 0.707. The van der Waals surface area contributed by atoms with Gasteiger partial charge in [0.15, 0.2) is 0 Å². The first-order valence-corrected chi connectivity index (χ1v) is 5.26. The standard InChI is InChI=1S/C12H21N/c1-4-9(2)7-11-8-12(13)6-5-10(11)3/h5-6,9,11H,4,7-8,13H2,1-3H3. The predicted octanol–water partition coefficient (Wildman–Crippen LogP) is 3.23. The minimum atomic E-state index is 0.694. The van der Waals surface area contributed by atoms with E-state index >= 15 is 0 Å². The van der Waals surface area contributed by atoms with Gasteiger partial charge in [-0.1, -0.05) is 31.9 Å². The van der Waals surface area contributed by atoms with E-state index in [-0.39, 0.29) is 0 Å². The second kappa shape index (κ2) is 4.50. The van der Waals surface area contributed by atoms with Gasteiger partial charge in [0.1, 0.15) is 0 Å². The van der Waals surface area contributed by atoms with Gasteiger partial charge in [-0.2, -0.15) is 0 Å². The van der Waals surface area contributed by atoms with Crippen molar-refractivity contribution in [1.29, 1.82) is 0 Å². The van der Waals surface area contributed by atoms with E-state index in [9.17, 15) is 0 Å². The summed E-state index contributed by atoms with van der Waals surface area (Å²) in [5.74, 6) is 1.51. The lowest BCUT2D eigenvalue weighted by molar-refractivity contribution is 0.415. The van der Waals surface area contributed by atoms with Crippen molar-refractivity contribution in [3.8, 4) is 0 Å². The molecule has 74 valence electrons. The highest BCUT2D eigenvalue weighted by atomic mass is 14.6. The first-order valence-electron chi connectivity index (χ1n) is 5.26. The van der Waals surface area contributed by atoms with Crippen LogP contribution in [0.25, 0.3) is 0 Å². The second-order valence-electron chi connectivity index (χ2n) is 4.30. The van der Waals surface area contributed by atoms with Crippen LogP contribution in [0.2, 0.25) is 0 Å². The Morgan fingerprint density at radius 1 is 1.54 bits per heavy atom. The molecule has 0 aromatic carbocycles. The fraction of sp³-hybridized carbons (Fsp3) is 0.667. The second-order valence-corrected chi connectivity index (χ2v) is 4.30. The topological polar surface area (TPSA) is 26.0 Å². The van der Waals surface area contributed by atoms with Crippen molar-refractivity contribution in [2.45, 2.75) is 40.0 Å². The summed E-state index contributed by atoms with van der Waals surface area (Å²) >= 11 is 0. The summed E-state index contributed by atoms with van der Waals surface area (Å²) in [4.78, 5) is 0. The molecule has 2 atom stereocenters. The van der Waals surface area contributed by atoms with Crippen LogP contribution in [0.4, 0.5) is 0 Å². The highest BCUT2D eigenvalue weighted by molar-refractivity contribution is 5.23. The average Bonchev–Trinajstić information content (AvgIpc) is 2.11. The molecule has 2 N–H and O–H groups in total. The van der Waals surface area contributed by atoms with Crippen LogP contribution in [0.5, 0.6) is 0 Å². The molecule has 0 spiro atoms. The van der Waals surface area contributed by atoms with Gasteiger partial charge in [0.05, 0.1) is 0 Å². The Morgan fingerprint density at radius 3 is 2.85 bits per heavy atom. The van der Waals surface area contributed by atoms with E-state index in [0.717, 1.165) is 18.0 Å². The Hall–Kier alpha value is -0.720. The highest BCUT2D eigenvalue weighted by Crippen LogP contribution is 2.29. The van der Waals surface area contributed by atoms with E-state index in [1.807, 2.05) is 6.08 Å². The molecule has 0 aliphatic heterocycles. The summed E-state index contributed by atoms with van der Waals surface area (Å²) in [7, 11) is 0. The summed E-state index contributed by atoms with van der Waals surface area (Å²) in [6, 6.07) is 0. The number of allylic oxidation sites excluding steroid dienone is 4. The van der Waals surface area contributed by atoms with Crippen molar-refractivity contribution in [1.82, 2.24) is 0 Å². The van der Waals surface area contributed by atoms with Crippen molar-refractivity contribution >= 4 is 0 Å². The molecule has 0 radical (unpaired) electrons. The summed E-state index contributed by atoms with van der Waals surface area (Å²) in [5, 5.41) is 0. The molecule has 1 aliphatic rings. The van der Waals surface area contributed by atoms with Crippen LogP contribution < -0.4 is 5.73 Å². The van der Waals surface area contributed by atoms with Crippen LogP contribution in [0.1, 0.15) is 40.0 Å². The van der Waals surface area contributed by atoms with Crippen LogP contribution in [0.15, 0.2) is 23.4 Å². The molecule has 0 fully saturated rings. The SMILES string of the molecule is CCC(C)CC1CC(N)=CC=C1C. The maximum Gasteiger partial charge on any atom is 0.00864 e. The molecule has 1 nitrogen and oxygen atoms in total. The summed E-state index contributed by atoms with van der Waals surface area (Å²) in [6.45, 7) is 6.80. The first-order chi connectivity index (χ1) is 6.13. The lowest BCUT2D eigenvalue weighted by Gasteiger charge is -2.23. The largest absolute Gasteiger partial charge is 0.402 e. The Kier molecular flexibility index (Phi) is 3.58. The third kappa shape index (κ3) is 2.91. The third-order valence-electron chi connectivity index (χ3n) is 3.07. The fourth-order valence-electron chi connectivity index (χ4n) is 1.81. The Balaban J connectivity index is 2.53. The van der Waals surface area contributed by atoms with Gasteiger partial charge in [-0.3, -0.25) is 0 Å². The van der Waals surface area contributed by atoms with Crippen LogP contribution in [0.3, 0.4) is 0 Å². The number of hydrogen-bond acceptors (Lipinski definition) is 1. The zero-order valence-electron chi connectivity index (χ0n) is 9.01. The smallest absolute Gasteiger partial charge is 0.00864 e. The van der Waals surface area contributed by atoms with E-state index in [2.05, 4.69) is 26.8 Å². The Labute approximate surface area is 81.7 Å². The van der Waals surface area contributed by atoms with Gasteiger partial charge in [0, 0.05) is 5.70 Å². The van der Waals surface area contributed by atoms with E-state index in [0.29, 0.717) is 5.92 Å². The van der Waals surface area contributed by atoms with Gasteiger partial charge >= 0.3 is 0 Å². The molecule has 0 saturated carbocycles. The van der Waals surface area contributed by atoms with Crippen molar-refractivity contribution in [2.75, 3.05) is 0 Å². The molecule has 1 heteroatoms. The summed E-state index contributed by atoms with van der Waals surface area (Å²) in [6.07, 6.45) is 7.84. The Bertz CT molecular complexity index is 225. The zero-order valence-corrected chi connectivity index (χ0v) is 9.01. The summed E-state index contributed by atoms with van der Waals surface area (Å²) in [5.41, 5.74) is 8.36. The van der Waals surface area contributed by atoms with Crippen molar-refractivity contribution < 1.29 is 0 Å². The Morgan fingerprint density at radius 2 is 2.23 bits per heavy atom. The van der Waals surface area contributed by atoms with Crippen molar-refractivity contribution in [3.05, 3.63) is 23.4 Å². The molecule has 2 unspecified atom stereocenters. The van der Waals surface area contributed by atoms with Gasteiger partial charge in [-0.25, -0.2) is 0 Å². The zero-order chi connectivity index (χ0) is 9.84. The van der Waals surface area contributed by atoms with Crippen LogP contribution in [-0.2, 0) is 0 Å². The molecular weight excluding hydrogens is 158 g/mol. The molecule has 0 heterocycles. The van der Waals surface area contributed by atoms with Crippen molar-refractivity contribution in [2.24, 2.45) is 17.6 Å².